The smallest absolute Gasteiger partial charge is 0.230 e. The molecule has 1 amide bonds. The highest BCUT2D eigenvalue weighted by Gasteiger charge is 2.17. The van der Waals surface area contributed by atoms with Gasteiger partial charge in [-0.15, -0.1) is 0 Å². The Bertz CT molecular complexity index is 1070. The van der Waals surface area contributed by atoms with Crippen LogP contribution >= 0.6 is 0 Å². The maximum atomic E-state index is 12.1. The van der Waals surface area contributed by atoms with Crippen LogP contribution in [0.2, 0.25) is 0 Å². The number of azide groups is 1. The first-order chi connectivity index (χ1) is 13.7. The number of nitrogens with one attached hydrogen (secondary N) is 1. The van der Waals surface area contributed by atoms with Crippen LogP contribution in [0, 0.1) is 0 Å². The molecule has 0 saturated carbocycles. The summed E-state index contributed by atoms with van der Waals surface area (Å²) in [7, 11) is 0. The fourth-order valence-electron chi connectivity index (χ4n) is 3.61. The van der Waals surface area contributed by atoms with E-state index in [1.807, 2.05) is 30.3 Å². The Hall–Kier alpha value is -3.57. The standard InChI is InChI=1S/C21H20N6O/c22-26-23-13-21(28)25-19-12-20(24-18-10-4-3-9-17(18)19)27-11-5-8-15-6-1-2-7-16(15)14-27/h1-4,6-7,9-10,12H,5,8,11,13-14H2,(H,24,25,28). The predicted octanol–water partition coefficient (Wildman–Crippen LogP) is 4.44. The minimum atomic E-state index is -0.346. The van der Waals surface area contributed by atoms with E-state index >= 15 is 0 Å². The van der Waals surface area contributed by atoms with Gasteiger partial charge >= 0.3 is 0 Å². The number of para-hydroxylation sites is 1. The summed E-state index contributed by atoms with van der Waals surface area (Å²) in [4.78, 5) is 21.8. The summed E-state index contributed by atoms with van der Waals surface area (Å²) in [6.45, 7) is 1.44. The zero-order valence-electron chi connectivity index (χ0n) is 15.4. The second-order valence-electron chi connectivity index (χ2n) is 6.78. The topological polar surface area (TPSA) is 94.0 Å². The van der Waals surface area contributed by atoms with Crippen molar-refractivity contribution in [1.29, 1.82) is 0 Å². The molecular weight excluding hydrogens is 352 g/mol. The lowest BCUT2D eigenvalue weighted by atomic mass is 10.0. The molecular formula is C21H20N6O. The molecule has 3 aromatic rings. The van der Waals surface area contributed by atoms with E-state index < -0.39 is 0 Å². The molecule has 7 nitrogen and oxygen atoms in total. The van der Waals surface area contributed by atoms with E-state index in [0.29, 0.717) is 5.69 Å². The number of rotatable bonds is 4. The highest BCUT2D eigenvalue weighted by atomic mass is 16.1. The number of anilines is 2. The van der Waals surface area contributed by atoms with Gasteiger partial charge in [0.2, 0.25) is 5.91 Å². The summed E-state index contributed by atoms with van der Waals surface area (Å²) in [5.41, 5.74) is 12.6. The van der Waals surface area contributed by atoms with E-state index in [0.717, 1.165) is 42.7 Å². The van der Waals surface area contributed by atoms with Crippen molar-refractivity contribution >= 4 is 28.3 Å². The maximum Gasteiger partial charge on any atom is 0.230 e. The third-order valence-electron chi connectivity index (χ3n) is 4.93. The molecule has 0 radical (unpaired) electrons. The van der Waals surface area contributed by atoms with Crippen molar-refractivity contribution in [2.75, 3.05) is 23.3 Å². The first-order valence-corrected chi connectivity index (χ1v) is 9.27. The number of aryl methyl sites for hydroxylation is 1. The summed E-state index contributed by atoms with van der Waals surface area (Å²) in [5, 5.41) is 7.06. The van der Waals surface area contributed by atoms with Crippen LogP contribution in [-0.2, 0) is 17.8 Å². The summed E-state index contributed by atoms with van der Waals surface area (Å²) >= 11 is 0. The van der Waals surface area contributed by atoms with Gasteiger partial charge in [0.1, 0.15) is 12.4 Å². The first-order valence-electron chi connectivity index (χ1n) is 9.27. The van der Waals surface area contributed by atoms with Crippen molar-refractivity contribution in [3.63, 3.8) is 0 Å². The van der Waals surface area contributed by atoms with Gasteiger partial charge in [-0.2, -0.15) is 0 Å². The average molecular weight is 372 g/mol. The molecule has 0 bridgehead atoms. The molecule has 1 aromatic heterocycles. The lowest BCUT2D eigenvalue weighted by molar-refractivity contribution is -0.114. The highest BCUT2D eigenvalue weighted by molar-refractivity contribution is 6.02. The van der Waals surface area contributed by atoms with Gasteiger partial charge in [-0.05, 0) is 35.6 Å². The largest absolute Gasteiger partial charge is 0.352 e. The summed E-state index contributed by atoms with van der Waals surface area (Å²) in [5.74, 6) is 0.482. The van der Waals surface area contributed by atoms with E-state index in [2.05, 4.69) is 44.5 Å². The van der Waals surface area contributed by atoms with E-state index in [1.54, 1.807) is 0 Å². The second kappa shape index (κ2) is 7.98. The Balaban J connectivity index is 1.71. The number of fused-ring (bicyclic) bond motifs is 2. The molecule has 1 N–H and O–H groups in total. The van der Waals surface area contributed by atoms with Gasteiger partial charge < -0.3 is 10.2 Å². The van der Waals surface area contributed by atoms with Crippen LogP contribution in [0.25, 0.3) is 21.3 Å². The Morgan fingerprint density at radius 2 is 1.96 bits per heavy atom. The molecule has 28 heavy (non-hydrogen) atoms. The molecule has 7 heteroatoms. The van der Waals surface area contributed by atoms with Gasteiger partial charge in [0.25, 0.3) is 0 Å². The van der Waals surface area contributed by atoms with Gasteiger partial charge in [-0.3, -0.25) is 4.79 Å². The van der Waals surface area contributed by atoms with Crippen molar-refractivity contribution < 1.29 is 4.79 Å². The zero-order chi connectivity index (χ0) is 19.3. The molecule has 2 aromatic carbocycles. The predicted molar refractivity (Wildman–Crippen MR) is 110 cm³/mol. The van der Waals surface area contributed by atoms with Gasteiger partial charge in [0, 0.05) is 29.5 Å². The molecule has 2 heterocycles. The molecule has 0 atom stereocenters. The third kappa shape index (κ3) is 3.75. The molecule has 0 fully saturated rings. The molecule has 1 aliphatic heterocycles. The number of carbonyl (C=O) groups is 1. The number of pyridine rings is 1. The number of hydrogen-bond donors (Lipinski definition) is 1. The normalized spacial score (nSPS) is 13.4. The van der Waals surface area contributed by atoms with Crippen LogP contribution in [0.3, 0.4) is 0 Å². The molecule has 4 rings (SSSR count). The number of amides is 1. The number of benzene rings is 2. The van der Waals surface area contributed by atoms with Crippen LogP contribution < -0.4 is 10.2 Å². The second-order valence-corrected chi connectivity index (χ2v) is 6.78. The zero-order valence-corrected chi connectivity index (χ0v) is 15.4. The third-order valence-corrected chi connectivity index (χ3v) is 4.93. The number of nitrogens with zero attached hydrogens (tertiary/aromatic N) is 5. The quantitative estimate of drug-likeness (QED) is 0.417. The molecule has 0 saturated heterocycles. The number of aromatic nitrogens is 1. The molecule has 0 unspecified atom stereocenters. The van der Waals surface area contributed by atoms with E-state index in [9.17, 15) is 4.79 Å². The van der Waals surface area contributed by atoms with Crippen molar-refractivity contribution in [3.8, 4) is 0 Å². The van der Waals surface area contributed by atoms with Crippen molar-refractivity contribution in [3.05, 3.63) is 76.2 Å². The molecule has 1 aliphatic rings. The Morgan fingerprint density at radius 3 is 2.82 bits per heavy atom. The SMILES string of the molecule is [N-]=[N+]=NCC(=O)Nc1cc(N2CCCc3ccccc3C2)nc2ccccc12. The minimum absolute atomic E-state index is 0.237. The van der Waals surface area contributed by atoms with E-state index in [1.165, 1.54) is 11.1 Å². The van der Waals surface area contributed by atoms with Crippen LogP contribution in [0.5, 0.6) is 0 Å². The Kier molecular flexibility index (Phi) is 5.08. The van der Waals surface area contributed by atoms with Gasteiger partial charge in [0.15, 0.2) is 0 Å². The fraction of sp³-hybridized carbons (Fsp3) is 0.238. The minimum Gasteiger partial charge on any atom is -0.352 e. The highest BCUT2D eigenvalue weighted by Crippen LogP contribution is 2.29. The Morgan fingerprint density at radius 1 is 1.18 bits per heavy atom. The monoisotopic (exact) mass is 372 g/mol. The van der Waals surface area contributed by atoms with Crippen molar-refractivity contribution in [1.82, 2.24) is 4.98 Å². The van der Waals surface area contributed by atoms with E-state index in [4.69, 9.17) is 10.5 Å². The van der Waals surface area contributed by atoms with Crippen molar-refractivity contribution in [2.24, 2.45) is 5.11 Å². The molecule has 0 aliphatic carbocycles. The van der Waals surface area contributed by atoms with Crippen molar-refractivity contribution in [2.45, 2.75) is 19.4 Å². The molecule has 140 valence electrons. The molecule has 0 spiro atoms. The fourth-order valence-corrected chi connectivity index (χ4v) is 3.61. The van der Waals surface area contributed by atoms with E-state index in [-0.39, 0.29) is 12.5 Å². The summed E-state index contributed by atoms with van der Waals surface area (Å²) < 4.78 is 0. The van der Waals surface area contributed by atoms with Crippen LogP contribution in [0.1, 0.15) is 17.5 Å². The lowest BCUT2D eigenvalue weighted by Crippen LogP contribution is -2.24. The van der Waals surface area contributed by atoms with Gasteiger partial charge in [-0.1, -0.05) is 47.6 Å². The first kappa shape index (κ1) is 17.8. The average Bonchev–Trinajstić information content (AvgIpc) is 2.94. The van der Waals surface area contributed by atoms with Gasteiger partial charge in [-0.25, -0.2) is 4.98 Å². The Labute approximate surface area is 162 Å². The summed E-state index contributed by atoms with van der Waals surface area (Å²) in [6.07, 6.45) is 2.10. The van der Waals surface area contributed by atoms with Crippen LogP contribution in [0.4, 0.5) is 11.5 Å². The van der Waals surface area contributed by atoms with Gasteiger partial charge in [0.05, 0.1) is 11.2 Å². The van der Waals surface area contributed by atoms with Crippen LogP contribution in [0.15, 0.2) is 59.7 Å². The maximum absolute atomic E-state index is 12.1. The summed E-state index contributed by atoms with van der Waals surface area (Å²) in [6, 6.07) is 18.1. The number of hydrogen-bond acceptors (Lipinski definition) is 4. The lowest BCUT2D eigenvalue weighted by Gasteiger charge is -2.23. The van der Waals surface area contributed by atoms with Crippen LogP contribution in [-0.4, -0.2) is 24.0 Å². The number of carbonyl (C=O) groups excluding carboxylic acids is 1.